The third kappa shape index (κ3) is 2.72. The molecule has 5 heteroatoms. The van der Waals surface area contributed by atoms with Gasteiger partial charge in [-0.15, -0.1) is 0 Å². The lowest BCUT2D eigenvalue weighted by molar-refractivity contribution is 0.0696. The first-order valence-electron chi connectivity index (χ1n) is 4.88. The highest BCUT2D eigenvalue weighted by Gasteiger charge is 2.04. The molecule has 0 radical (unpaired) electrons. The van der Waals surface area contributed by atoms with Crippen molar-refractivity contribution in [1.82, 2.24) is 4.98 Å². The molecule has 0 unspecified atom stereocenters. The minimum absolute atomic E-state index is 0.120. The second-order valence-corrected chi connectivity index (χ2v) is 3.36. The van der Waals surface area contributed by atoms with Crippen LogP contribution in [0.3, 0.4) is 0 Å². The summed E-state index contributed by atoms with van der Waals surface area (Å²) in [6.45, 7) is 0. The first-order chi connectivity index (χ1) is 8.15. The van der Waals surface area contributed by atoms with Gasteiger partial charge in [0.05, 0.1) is 5.56 Å². The Labute approximate surface area is 97.5 Å². The zero-order chi connectivity index (χ0) is 12.3. The topological polar surface area (TPSA) is 85.4 Å². The smallest absolute Gasteiger partial charge is 0.337 e. The van der Waals surface area contributed by atoms with Gasteiger partial charge in [0.2, 0.25) is 5.88 Å². The molecule has 1 heterocycles. The van der Waals surface area contributed by atoms with Crippen molar-refractivity contribution in [2.24, 2.45) is 0 Å². The van der Waals surface area contributed by atoms with Crippen LogP contribution in [0.5, 0.6) is 11.6 Å². The normalized spacial score (nSPS) is 9.88. The molecular weight excluding hydrogens is 220 g/mol. The number of hydrogen-bond donors (Lipinski definition) is 2. The SMILES string of the molecule is Nc1ccc(Oc2ccc(C(=O)O)cn2)cc1. The lowest BCUT2D eigenvalue weighted by Crippen LogP contribution is -1.97. The number of pyridine rings is 1. The largest absolute Gasteiger partial charge is 0.478 e. The maximum atomic E-state index is 10.6. The second kappa shape index (κ2) is 4.52. The fourth-order valence-electron chi connectivity index (χ4n) is 1.22. The molecule has 0 spiro atoms. The van der Waals surface area contributed by atoms with Crippen LogP contribution in [0.1, 0.15) is 10.4 Å². The summed E-state index contributed by atoms with van der Waals surface area (Å²) < 4.78 is 5.41. The van der Waals surface area contributed by atoms with E-state index in [0.29, 0.717) is 17.3 Å². The van der Waals surface area contributed by atoms with E-state index in [1.807, 2.05) is 0 Å². The van der Waals surface area contributed by atoms with Gasteiger partial charge < -0.3 is 15.6 Å². The number of anilines is 1. The predicted molar refractivity (Wildman–Crippen MR) is 62.1 cm³/mol. The van der Waals surface area contributed by atoms with Gasteiger partial charge in [0.15, 0.2) is 0 Å². The standard InChI is InChI=1S/C12H10N2O3/c13-9-2-4-10(5-3-9)17-11-6-1-8(7-14-11)12(15)16/h1-7H,13H2,(H,15,16). The number of nitrogens with zero attached hydrogens (tertiary/aromatic N) is 1. The van der Waals surface area contributed by atoms with Crippen molar-refractivity contribution in [1.29, 1.82) is 0 Å². The van der Waals surface area contributed by atoms with Crippen LogP contribution in [0.2, 0.25) is 0 Å². The molecular formula is C12H10N2O3. The van der Waals surface area contributed by atoms with E-state index in [2.05, 4.69) is 4.98 Å². The Morgan fingerprint density at radius 1 is 1.18 bits per heavy atom. The minimum Gasteiger partial charge on any atom is -0.478 e. The molecule has 0 atom stereocenters. The number of ether oxygens (including phenoxy) is 1. The van der Waals surface area contributed by atoms with Crippen LogP contribution in [0.15, 0.2) is 42.6 Å². The Hall–Kier alpha value is -2.56. The molecule has 0 bridgehead atoms. The van der Waals surface area contributed by atoms with E-state index in [1.54, 1.807) is 24.3 Å². The Bertz CT molecular complexity index is 520. The van der Waals surface area contributed by atoms with Gasteiger partial charge in [0, 0.05) is 18.0 Å². The van der Waals surface area contributed by atoms with E-state index in [9.17, 15) is 4.79 Å². The van der Waals surface area contributed by atoms with Crippen molar-refractivity contribution in [3.05, 3.63) is 48.2 Å². The van der Waals surface area contributed by atoms with E-state index >= 15 is 0 Å². The van der Waals surface area contributed by atoms with Crippen LogP contribution in [-0.4, -0.2) is 16.1 Å². The first kappa shape index (κ1) is 10.9. The zero-order valence-electron chi connectivity index (χ0n) is 8.83. The molecule has 0 aliphatic carbocycles. The highest BCUT2D eigenvalue weighted by molar-refractivity contribution is 5.87. The zero-order valence-corrected chi connectivity index (χ0v) is 8.83. The highest BCUT2D eigenvalue weighted by atomic mass is 16.5. The number of carboxylic acids is 1. The number of nitrogens with two attached hydrogens (primary N) is 1. The van der Waals surface area contributed by atoms with Crippen molar-refractivity contribution in [2.75, 3.05) is 5.73 Å². The summed E-state index contributed by atoms with van der Waals surface area (Å²) >= 11 is 0. The summed E-state index contributed by atoms with van der Waals surface area (Å²) in [6.07, 6.45) is 1.25. The van der Waals surface area contributed by atoms with Crippen LogP contribution in [-0.2, 0) is 0 Å². The van der Waals surface area contributed by atoms with Gasteiger partial charge in [-0.3, -0.25) is 0 Å². The molecule has 0 fully saturated rings. The second-order valence-electron chi connectivity index (χ2n) is 3.36. The van der Waals surface area contributed by atoms with Crippen molar-refractivity contribution in [2.45, 2.75) is 0 Å². The number of nitrogen functional groups attached to an aromatic ring is 1. The molecule has 17 heavy (non-hydrogen) atoms. The molecule has 0 amide bonds. The fourth-order valence-corrected chi connectivity index (χ4v) is 1.22. The fraction of sp³-hybridized carbons (Fsp3) is 0. The summed E-state index contributed by atoms with van der Waals surface area (Å²) in [6, 6.07) is 9.77. The minimum atomic E-state index is -1.02. The highest BCUT2D eigenvalue weighted by Crippen LogP contribution is 2.20. The van der Waals surface area contributed by atoms with E-state index < -0.39 is 5.97 Å². The van der Waals surface area contributed by atoms with Crippen LogP contribution < -0.4 is 10.5 Å². The lowest BCUT2D eigenvalue weighted by atomic mass is 10.3. The van der Waals surface area contributed by atoms with Crippen LogP contribution in [0.25, 0.3) is 0 Å². The van der Waals surface area contributed by atoms with Crippen molar-refractivity contribution in [3.8, 4) is 11.6 Å². The van der Waals surface area contributed by atoms with E-state index in [0.717, 1.165) is 0 Å². The average molecular weight is 230 g/mol. The summed E-state index contributed by atoms with van der Waals surface area (Å²) in [7, 11) is 0. The molecule has 2 aromatic rings. The molecule has 0 saturated carbocycles. The number of carboxylic acid groups (broad SMARTS) is 1. The summed E-state index contributed by atoms with van der Waals surface area (Å²) in [4.78, 5) is 14.5. The van der Waals surface area contributed by atoms with Gasteiger partial charge in [-0.2, -0.15) is 0 Å². The van der Waals surface area contributed by atoms with Crippen LogP contribution >= 0.6 is 0 Å². The summed E-state index contributed by atoms with van der Waals surface area (Å²) in [5.41, 5.74) is 6.30. The molecule has 3 N–H and O–H groups in total. The molecule has 1 aromatic heterocycles. The van der Waals surface area contributed by atoms with Crippen LogP contribution in [0, 0.1) is 0 Å². The van der Waals surface area contributed by atoms with E-state index in [1.165, 1.54) is 18.3 Å². The molecule has 1 aromatic carbocycles. The molecule has 86 valence electrons. The molecule has 5 nitrogen and oxygen atoms in total. The van der Waals surface area contributed by atoms with Crippen LogP contribution in [0.4, 0.5) is 5.69 Å². The van der Waals surface area contributed by atoms with Gasteiger partial charge in [-0.25, -0.2) is 9.78 Å². The quantitative estimate of drug-likeness (QED) is 0.789. The monoisotopic (exact) mass is 230 g/mol. The van der Waals surface area contributed by atoms with E-state index in [4.69, 9.17) is 15.6 Å². The van der Waals surface area contributed by atoms with Gasteiger partial charge in [-0.05, 0) is 30.3 Å². The number of carbonyl (C=O) groups is 1. The molecule has 0 aliphatic heterocycles. The van der Waals surface area contributed by atoms with Crippen molar-refractivity contribution in [3.63, 3.8) is 0 Å². The van der Waals surface area contributed by atoms with Gasteiger partial charge in [0.25, 0.3) is 0 Å². The molecule has 0 aliphatic rings. The first-order valence-corrected chi connectivity index (χ1v) is 4.88. The Morgan fingerprint density at radius 3 is 2.41 bits per heavy atom. The molecule has 0 saturated heterocycles. The number of benzene rings is 1. The number of hydrogen-bond acceptors (Lipinski definition) is 4. The third-order valence-electron chi connectivity index (χ3n) is 2.09. The van der Waals surface area contributed by atoms with Crippen molar-refractivity contribution >= 4 is 11.7 Å². The number of aromatic carboxylic acids is 1. The van der Waals surface area contributed by atoms with Crippen molar-refractivity contribution < 1.29 is 14.6 Å². The van der Waals surface area contributed by atoms with E-state index in [-0.39, 0.29) is 5.56 Å². The maximum Gasteiger partial charge on any atom is 0.337 e. The number of aromatic nitrogens is 1. The summed E-state index contributed by atoms with van der Waals surface area (Å²) in [5, 5.41) is 8.70. The average Bonchev–Trinajstić information content (AvgIpc) is 2.33. The maximum absolute atomic E-state index is 10.6. The summed E-state index contributed by atoms with van der Waals surface area (Å²) in [5.74, 6) is -0.0916. The van der Waals surface area contributed by atoms with Gasteiger partial charge >= 0.3 is 5.97 Å². The Balaban J connectivity index is 2.13. The Morgan fingerprint density at radius 2 is 1.88 bits per heavy atom. The number of rotatable bonds is 3. The predicted octanol–water partition coefficient (Wildman–Crippen LogP) is 2.15. The third-order valence-corrected chi connectivity index (χ3v) is 2.09. The Kier molecular flexibility index (Phi) is 2.91. The van der Waals surface area contributed by atoms with Gasteiger partial charge in [0.1, 0.15) is 5.75 Å². The molecule has 2 rings (SSSR count). The lowest BCUT2D eigenvalue weighted by Gasteiger charge is -2.04. The van der Waals surface area contributed by atoms with Gasteiger partial charge in [-0.1, -0.05) is 0 Å².